The van der Waals surface area contributed by atoms with Gasteiger partial charge in [-0.05, 0) is 42.0 Å². The first kappa shape index (κ1) is 22.8. The highest BCUT2D eigenvalue weighted by Crippen LogP contribution is 2.44. The van der Waals surface area contributed by atoms with Gasteiger partial charge in [0.2, 0.25) is 5.91 Å². The van der Waals surface area contributed by atoms with Gasteiger partial charge < -0.3 is 20.5 Å². The van der Waals surface area contributed by atoms with Gasteiger partial charge in [-0.2, -0.15) is 0 Å². The van der Waals surface area contributed by atoms with E-state index in [-0.39, 0.29) is 19.1 Å². The Morgan fingerprint density at radius 1 is 1.00 bits per heavy atom. The van der Waals surface area contributed by atoms with Crippen LogP contribution in [0, 0.1) is 5.41 Å². The normalized spacial score (nSPS) is 17.4. The second-order valence-electron chi connectivity index (χ2n) is 9.06. The molecule has 3 N–H and O–H groups in total. The summed E-state index contributed by atoms with van der Waals surface area (Å²) in [6.45, 7) is 1.79. The number of benzene rings is 2. The summed E-state index contributed by atoms with van der Waals surface area (Å²) in [5.41, 5.74) is 3.60. The molecular weight excluding hydrogens is 420 g/mol. The molecule has 0 aliphatic heterocycles. The molecule has 2 aromatic carbocycles. The zero-order valence-electron chi connectivity index (χ0n) is 18.8. The standard InChI is InChI=1S/C26H30N2O5/c1-17(23(29)27-16-26(24(30)31)13-7-2-8-14-26)28-25(32)33-15-22-20-11-5-3-9-18(20)19-10-4-6-12-21(19)22/h3-6,9-12,17,22H,2,7-8,13-16H2,1H3,(H,27,29)(H,28,32)(H,30,31)/t17-/m0/s1. The topological polar surface area (TPSA) is 105 Å². The molecule has 0 radical (unpaired) electrons. The molecule has 7 nitrogen and oxygen atoms in total. The number of carbonyl (C=O) groups is 3. The number of aliphatic carboxylic acids is 1. The fourth-order valence-electron chi connectivity index (χ4n) is 4.99. The molecule has 2 aliphatic rings. The molecule has 4 rings (SSSR count). The molecule has 33 heavy (non-hydrogen) atoms. The van der Waals surface area contributed by atoms with Crippen LogP contribution in [0.15, 0.2) is 48.5 Å². The summed E-state index contributed by atoms with van der Waals surface area (Å²) in [7, 11) is 0. The van der Waals surface area contributed by atoms with Gasteiger partial charge in [0, 0.05) is 12.5 Å². The van der Waals surface area contributed by atoms with Gasteiger partial charge in [0.1, 0.15) is 12.6 Å². The molecule has 0 bridgehead atoms. The van der Waals surface area contributed by atoms with Gasteiger partial charge in [-0.3, -0.25) is 9.59 Å². The second kappa shape index (κ2) is 9.65. The van der Waals surface area contributed by atoms with E-state index in [0.29, 0.717) is 12.8 Å². The molecule has 2 aliphatic carbocycles. The Bertz CT molecular complexity index is 999. The number of amides is 2. The Hall–Kier alpha value is -3.35. The smallest absolute Gasteiger partial charge is 0.407 e. The van der Waals surface area contributed by atoms with Gasteiger partial charge in [-0.25, -0.2) is 4.79 Å². The third-order valence-electron chi connectivity index (χ3n) is 6.94. The first-order valence-corrected chi connectivity index (χ1v) is 11.5. The molecule has 0 unspecified atom stereocenters. The van der Waals surface area contributed by atoms with Crippen LogP contribution in [0.3, 0.4) is 0 Å². The van der Waals surface area contributed by atoms with Crippen molar-refractivity contribution in [2.45, 2.75) is 51.0 Å². The molecule has 2 aromatic rings. The van der Waals surface area contributed by atoms with Crippen molar-refractivity contribution >= 4 is 18.0 Å². The van der Waals surface area contributed by atoms with Crippen LogP contribution in [0.1, 0.15) is 56.1 Å². The fourth-order valence-corrected chi connectivity index (χ4v) is 4.99. The lowest BCUT2D eigenvalue weighted by Crippen LogP contribution is -2.50. The predicted octanol–water partition coefficient (Wildman–Crippen LogP) is 4.06. The highest BCUT2D eigenvalue weighted by atomic mass is 16.5. The summed E-state index contributed by atoms with van der Waals surface area (Å²) < 4.78 is 5.49. The van der Waals surface area contributed by atoms with Crippen LogP contribution >= 0.6 is 0 Å². The minimum absolute atomic E-state index is 0.0611. The highest BCUT2D eigenvalue weighted by molar-refractivity contribution is 5.86. The number of hydrogen-bond donors (Lipinski definition) is 3. The first-order chi connectivity index (χ1) is 15.9. The molecule has 1 fully saturated rings. The number of rotatable bonds is 7. The third kappa shape index (κ3) is 4.72. The number of carbonyl (C=O) groups excluding carboxylic acids is 2. The summed E-state index contributed by atoms with van der Waals surface area (Å²) in [4.78, 5) is 36.7. The van der Waals surface area contributed by atoms with E-state index in [1.54, 1.807) is 6.92 Å². The van der Waals surface area contributed by atoms with Crippen molar-refractivity contribution in [2.75, 3.05) is 13.2 Å². The van der Waals surface area contributed by atoms with Crippen LogP contribution in [0.5, 0.6) is 0 Å². The molecule has 7 heteroatoms. The van der Waals surface area contributed by atoms with Crippen LogP contribution in [-0.2, 0) is 14.3 Å². The minimum Gasteiger partial charge on any atom is -0.481 e. The van der Waals surface area contributed by atoms with E-state index >= 15 is 0 Å². The van der Waals surface area contributed by atoms with Gasteiger partial charge in [0.15, 0.2) is 0 Å². The van der Waals surface area contributed by atoms with E-state index in [0.717, 1.165) is 41.5 Å². The summed E-state index contributed by atoms with van der Waals surface area (Å²) in [6.07, 6.45) is 3.13. The van der Waals surface area contributed by atoms with Gasteiger partial charge in [0.25, 0.3) is 0 Å². The molecule has 0 saturated heterocycles. The average Bonchev–Trinajstić information content (AvgIpc) is 3.15. The fraction of sp³-hybridized carbons (Fsp3) is 0.423. The largest absolute Gasteiger partial charge is 0.481 e. The minimum atomic E-state index is -0.919. The number of nitrogens with one attached hydrogen (secondary N) is 2. The lowest BCUT2D eigenvalue weighted by atomic mass is 9.74. The Morgan fingerprint density at radius 3 is 2.15 bits per heavy atom. The molecule has 2 amide bonds. The number of alkyl carbamates (subject to hydrolysis) is 1. The van der Waals surface area contributed by atoms with Gasteiger partial charge in [0.05, 0.1) is 5.41 Å². The Kier molecular flexibility index (Phi) is 6.67. The molecule has 0 spiro atoms. The van der Waals surface area contributed by atoms with Crippen molar-refractivity contribution < 1.29 is 24.2 Å². The highest BCUT2D eigenvalue weighted by Gasteiger charge is 2.40. The maximum Gasteiger partial charge on any atom is 0.407 e. The lowest BCUT2D eigenvalue weighted by Gasteiger charge is -2.33. The van der Waals surface area contributed by atoms with Gasteiger partial charge >= 0.3 is 12.1 Å². The van der Waals surface area contributed by atoms with Gasteiger partial charge in [-0.15, -0.1) is 0 Å². The van der Waals surface area contributed by atoms with Crippen LogP contribution in [0.2, 0.25) is 0 Å². The average molecular weight is 451 g/mol. The van der Waals surface area contributed by atoms with Gasteiger partial charge in [-0.1, -0.05) is 67.8 Å². The Morgan fingerprint density at radius 2 is 1.58 bits per heavy atom. The maximum absolute atomic E-state index is 12.5. The van der Waals surface area contributed by atoms with E-state index in [2.05, 4.69) is 22.8 Å². The van der Waals surface area contributed by atoms with E-state index in [1.165, 1.54) is 0 Å². The van der Waals surface area contributed by atoms with E-state index in [4.69, 9.17) is 4.74 Å². The number of hydrogen-bond acceptors (Lipinski definition) is 4. The quantitative estimate of drug-likeness (QED) is 0.590. The summed E-state index contributed by atoms with van der Waals surface area (Å²) in [6, 6.07) is 15.3. The Labute approximate surface area is 193 Å². The second-order valence-corrected chi connectivity index (χ2v) is 9.06. The molecular formula is C26H30N2O5. The third-order valence-corrected chi connectivity index (χ3v) is 6.94. The molecule has 174 valence electrons. The van der Waals surface area contributed by atoms with Crippen molar-refractivity contribution in [3.8, 4) is 11.1 Å². The SMILES string of the molecule is C[C@H](NC(=O)OCC1c2ccccc2-c2ccccc21)C(=O)NCC1(C(=O)O)CCCCC1. The summed E-state index contributed by atoms with van der Waals surface area (Å²) in [5.74, 6) is -1.36. The van der Waals surface area contributed by atoms with Crippen LogP contribution in [0.4, 0.5) is 4.79 Å². The van der Waals surface area contributed by atoms with E-state index < -0.39 is 29.4 Å². The molecule has 1 saturated carbocycles. The van der Waals surface area contributed by atoms with Crippen LogP contribution < -0.4 is 10.6 Å². The van der Waals surface area contributed by atoms with E-state index in [1.807, 2.05) is 36.4 Å². The number of ether oxygens (including phenoxy) is 1. The lowest BCUT2D eigenvalue weighted by molar-refractivity contribution is -0.151. The predicted molar refractivity (Wildman–Crippen MR) is 124 cm³/mol. The molecule has 0 heterocycles. The van der Waals surface area contributed by atoms with Crippen LogP contribution in [0.25, 0.3) is 11.1 Å². The zero-order chi connectivity index (χ0) is 23.4. The van der Waals surface area contributed by atoms with E-state index in [9.17, 15) is 19.5 Å². The zero-order valence-corrected chi connectivity index (χ0v) is 18.8. The summed E-state index contributed by atoms with van der Waals surface area (Å²) >= 11 is 0. The maximum atomic E-state index is 12.5. The number of fused-ring (bicyclic) bond motifs is 3. The number of carboxylic acids is 1. The number of carboxylic acid groups (broad SMARTS) is 1. The van der Waals surface area contributed by atoms with Crippen LogP contribution in [-0.4, -0.2) is 42.3 Å². The molecule has 0 aromatic heterocycles. The first-order valence-electron chi connectivity index (χ1n) is 11.5. The molecule has 1 atom stereocenters. The van der Waals surface area contributed by atoms with Crippen molar-refractivity contribution in [3.05, 3.63) is 59.7 Å². The van der Waals surface area contributed by atoms with Crippen molar-refractivity contribution in [1.29, 1.82) is 0 Å². The monoisotopic (exact) mass is 450 g/mol. The summed E-state index contributed by atoms with van der Waals surface area (Å²) in [5, 5.41) is 14.9. The van der Waals surface area contributed by atoms with Crippen molar-refractivity contribution in [2.24, 2.45) is 5.41 Å². The van der Waals surface area contributed by atoms with Crippen molar-refractivity contribution in [3.63, 3.8) is 0 Å². The Balaban J connectivity index is 1.31. The van der Waals surface area contributed by atoms with Crippen molar-refractivity contribution in [1.82, 2.24) is 10.6 Å².